The lowest BCUT2D eigenvalue weighted by Crippen LogP contribution is -2.50. The van der Waals surface area contributed by atoms with Crippen LogP contribution in [0.4, 0.5) is 0 Å². The molecule has 5 nitrogen and oxygen atoms in total. The van der Waals surface area contributed by atoms with Crippen molar-refractivity contribution in [3.63, 3.8) is 0 Å². The van der Waals surface area contributed by atoms with Crippen LogP contribution < -0.4 is 20.9 Å². The van der Waals surface area contributed by atoms with E-state index < -0.39 is 6.10 Å². The molecule has 0 aliphatic heterocycles. The minimum absolute atomic E-state index is 0.301. The van der Waals surface area contributed by atoms with E-state index in [1.807, 2.05) is 62.4 Å². The number of thiocarbonyl (C=S) groups is 1. The summed E-state index contributed by atoms with van der Waals surface area (Å²) >= 11 is 5.15. The minimum atomic E-state index is -0.648. The molecule has 2 aromatic carbocycles. The summed E-state index contributed by atoms with van der Waals surface area (Å²) in [7, 11) is 0. The minimum Gasteiger partial charge on any atom is -0.481 e. The molecule has 0 heterocycles. The first-order valence-electron chi connectivity index (χ1n) is 8.08. The van der Waals surface area contributed by atoms with Crippen LogP contribution in [-0.2, 0) is 11.3 Å². The standard InChI is InChI=1S/C19H23N3O2S/c1-13-8-7-11-17(14(13)2)24-15(3)18(23)21-22-19(25)20-12-16-9-5-4-6-10-16/h4-11,15H,12H2,1-3H3,(H,21,23)(H2,20,22,25)/t15-/m0/s1. The average molecular weight is 357 g/mol. The van der Waals surface area contributed by atoms with Gasteiger partial charge in [0, 0.05) is 6.54 Å². The normalized spacial score (nSPS) is 11.3. The maximum Gasteiger partial charge on any atom is 0.279 e. The number of amides is 1. The first-order chi connectivity index (χ1) is 12.0. The molecule has 1 amide bonds. The van der Waals surface area contributed by atoms with Gasteiger partial charge in [-0.1, -0.05) is 42.5 Å². The van der Waals surface area contributed by atoms with E-state index >= 15 is 0 Å². The van der Waals surface area contributed by atoms with E-state index in [1.54, 1.807) is 6.92 Å². The Labute approximate surface area is 153 Å². The van der Waals surface area contributed by atoms with Gasteiger partial charge in [-0.2, -0.15) is 0 Å². The Morgan fingerprint density at radius 2 is 1.80 bits per heavy atom. The predicted octanol–water partition coefficient (Wildman–Crippen LogP) is 2.77. The summed E-state index contributed by atoms with van der Waals surface area (Å²) in [6.45, 7) is 6.25. The summed E-state index contributed by atoms with van der Waals surface area (Å²) < 4.78 is 5.73. The molecular weight excluding hydrogens is 334 g/mol. The van der Waals surface area contributed by atoms with Crippen LogP contribution in [0.25, 0.3) is 0 Å². The lowest BCUT2D eigenvalue weighted by molar-refractivity contribution is -0.127. The van der Waals surface area contributed by atoms with Crippen molar-refractivity contribution >= 4 is 23.2 Å². The van der Waals surface area contributed by atoms with Crippen molar-refractivity contribution in [2.45, 2.75) is 33.4 Å². The summed E-state index contributed by atoms with van der Waals surface area (Å²) in [5, 5.41) is 3.37. The number of carbonyl (C=O) groups is 1. The van der Waals surface area contributed by atoms with Crippen LogP contribution in [0.5, 0.6) is 5.75 Å². The molecule has 0 radical (unpaired) electrons. The third kappa shape index (κ3) is 5.76. The lowest BCUT2D eigenvalue weighted by atomic mass is 10.1. The lowest BCUT2D eigenvalue weighted by Gasteiger charge is -2.18. The van der Waals surface area contributed by atoms with E-state index in [1.165, 1.54) is 0 Å². The highest BCUT2D eigenvalue weighted by Gasteiger charge is 2.16. The van der Waals surface area contributed by atoms with E-state index in [-0.39, 0.29) is 5.91 Å². The van der Waals surface area contributed by atoms with Crippen LogP contribution >= 0.6 is 12.2 Å². The topological polar surface area (TPSA) is 62.4 Å². The van der Waals surface area contributed by atoms with Gasteiger partial charge in [-0.25, -0.2) is 0 Å². The molecule has 0 unspecified atom stereocenters. The fourth-order valence-electron chi connectivity index (χ4n) is 2.14. The van der Waals surface area contributed by atoms with E-state index in [4.69, 9.17) is 17.0 Å². The number of hydrogen-bond donors (Lipinski definition) is 3. The van der Waals surface area contributed by atoms with Crippen LogP contribution in [0.2, 0.25) is 0 Å². The molecule has 0 aliphatic rings. The Kier molecular flexibility index (Phi) is 6.77. The Morgan fingerprint density at radius 1 is 1.08 bits per heavy atom. The number of aryl methyl sites for hydroxylation is 1. The van der Waals surface area contributed by atoms with Gasteiger partial charge >= 0.3 is 0 Å². The maximum atomic E-state index is 12.1. The van der Waals surface area contributed by atoms with Crippen LogP contribution in [0.15, 0.2) is 48.5 Å². The molecule has 2 aromatic rings. The van der Waals surface area contributed by atoms with Gasteiger partial charge in [-0.05, 0) is 55.7 Å². The highest BCUT2D eigenvalue weighted by molar-refractivity contribution is 7.80. The van der Waals surface area contributed by atoms with Crippen molar-refractivity contribution in [1.29, 1.82) is 0 Å². The number of carbonyl (C=O) groups excluding carboxylic acids is 1. The predicted molar refractivity (Wildman–Crippen MR) is 103 cm³/mol. The summed E-state index contributed by atoms with van der Waals surface area (Å²) in [4.78, 5) is 12.1. The molecule has 0 aliphatic carbocycles. The summed E-state index contributed by atoms with van der Waals surface area (Å²) in [5.74, 6) is 0.400. The van der Waals surface area contributed by atoms with E-state index in [0.717, 1.165) is 16.7 Å². The Bertz CT molecular complexity index is 735. The number of ether oxygens (including phenoxy) is 1. The van der Waals surface area contributed by atoms with Gasteiger partial charge in [0.05, 0.1) is 0 Å². The van der Waals surface area contributed by atoms with Crippen molar-refractivity contribution in [1.82, 2.24) is 16.2 Å². The fraction of sp³-hybridized carbons (Fsp3) is 0.263. The highest BCUT2D eigenvalue weighted by Crippen LogP contribution is 2.21. The van der Waals surface area contributed by atoms with Gasteiger partial charge in [-0.3, -0.25) is 15.6 Å². The number of rotatable bonds is 5. The van der Waals surface area contributed by atoms with Gasteiger partial charge in [-0.15, -0.1) is 0 Å². The SMILES string of the molecule is Cc1cccc(O[C@@H](C)C(=O)NNC(=S)NCc2ccccc2)c1C. The molecule has 6 heteroatoms. The zero-order chi connectivity index (χ0) is 18.2. The molecule has 0 aromatic heterocycles. The van der Waals surface area contributed by atoms with Gasteiger partial charge in [0.15, 0.2) is 11.2 Å². The Balaban J connectivity index is 1.77. The fourth-order valence-corrected chi connectivity index (χ4v) is 2.26. The molecule has 0 saturated carbocycles. The molecule has 0 bridgehead atoms. The van der Waals surface area contributed by atoms with E-state index in [0.29, 0.717) is 17.4 Å². The largest absolute Gasteiger partial charge is 0.481 e. The maximum absolute atomic E-state index is 12.1. The molecule has 1 atom stereocenters. The van der Waals surface area contributed by atoms with Crippen LogP contribution in [0.1, 0.15) is 23.6 Å². The first kappa shape index (κ1) is 18.7. The van der Waals surface area contributed by atoms with Crippen LogP contribution in [0.3, 0.4) is 0 Å². The summed E-state index contributed by atoms with van der Waals surface area (Å²) in [5.41, 5.74) is 8.49. The molecule has 2 rings (SSSR count). The summed E-state index contributed by atoms with van der Waals surface area (Å²) in [6, 6.07) is 15.6. The van der Waals surface area contributed by atoms with Gasteiger partial charge in [0.1, 0.15) is 5.75 Å². The van der Waals surface area contributed by atoms with Crippen LogP contribution in [-0.4, -0.2) is 17.1 Å². The smallest absolute Gasteiger partial charge is 0.279 e. The second-order valence-electron chi connectivity index (χ2n) is 5.74. The Hall–Kier alpha value is -2.60. The van der Waals surface area contributed by atoms with Crippen LogP contribution in [0, 0.1) is 13.8 Å². The van der Waals surface area contributed by atoms with E-state index in [2.05, 4.69) is 16.2 Å². The second-order valence-corrected chi connectivity index (χ2v) is 6.15. The van der Waals surface area contributed by atoms with Crippen molar-refractivity contribution in [2.24, 2.45) is 0 Å². The zero-order valence-corrected chi connectivity index (χ0v) is 15.4. The monoisotopic (exact) mass is 357 g/mol. The molecule has 0 fully saturated rings. The van der Waals surface area contributed by atoms with E-state index in [9.17, 15) is 4.79 Å². The number of nitrogens with one attached hydrogen (secondary N) is 3. The van der Waals surface area contributed by atoms with Gasteiger partial charge in [0.2, 0.25) is 0 Å². The van der Waals surface area contributed by atoms with Crippen molar-refractivity contribution < 1.29 is 9.53 Å². The Morgan fingerprint density at radius 3 is 2.52 bits per heavy atom. The molecular formula is C19H23N3O2S. The average Bonchev–Trinajstić information content (AvgIpc) is 2.62. The van der Waals surface area contributed by atoms with Gasteiger partial charge < -0.3 is 10.1 Å². The zero-order valence-electron chi connectivity index (χ0n) is 14.6. The number of hydrogen-bond acceptors (Lipinski definition) is 3. The molecule has 3 N–H and O–H groups in total. The van der Waals surface area contributed by atoms with Crippen molar-refractivity contribution in [2.75, 3.05) is 0 Å². The third-order valence-electron chi connectivity index (χ3n) is 3.82. The molecule has 0 spiro atoms. The molecule has 132 valence electrons. The third-order valence-corrected chi connectivity index (χ3v) is 4.07. The first-order valence-corrected chi connectivity index (χ1v) is 8.48. The van der Waals surface area contributed by atoms with Crippen molar-refractivity contribution in [3.05, 3.63) is 65.2 Å². The second kappa shape index (κ2) is 9.03. The molecule has 0 saturated heterocycles. The molecule has 25 heavy (non-hydrogen) atoms. The van der Waals surface area contributed by atoms with Crippen molar-refractivity contribution in [3.8, 4) is 5.75 Å². The number of benzene rings is 2. The van der Waals surface area contributed by atoms with Gasteiger partial charge in [0.25, 0.3) is 5.91 Å². The quantitative estimate of drug-likeness (QED) is 0.567. The summed E-state index contributed by atoms with van der Waals surface area (Å²) in [6.07, 6.45) is -0.648. The highest BCUT2D eigenvalue weighted by atomic mass is 32.1. The number of hydrazine groups is 1.